The van der Waals surface area contributed by atoms with E-state index in [1.54, 1.807) is 0 Å². The maximum atomic E-state index is 8.34. The SMILES string of the molecule is O.O.[O]=[Sn].[Pb]. The first-order valence-electron chi connectivity index (χ1n) is 0.204. The van der Waals surface area contributed by atoms with E-state index in [-0.39, 0.29) is 38.3 Å². The van der Waals surface area contributed by atoms with Gasteiger partial charge in [0, 0.05) is 27.3 Å². The van der Waals surface area contributed by atoms with E-state index in [0.717, 1.165) is 0 Å². The van der Waals surface area contributed by atoms with E-state index >= 15 is 0 Å². The van der Waals surface area contributed by atoms with Crippen LogP contribution in [0, 0.1) is 0 Å². The smallest absolute Gasteiger partial charge is 0 e. The molecular weight excluding hydrogens is 374 g/mol. The minimum Gasteiger partial charge on any atom is 0 e. The first-order valence-corrected chi connectivity index (χ1v) is 1.37. The van der Waals surface area contributed by atoms with E-state index in [4.69, 9.17) is 3.08 Å². The summed E-state index contributed by atoms with van der Waals surface area (Å²) in [7, 11) is 0. The van der Waals surface area contributed by atoms with E-state index in [1.807, 2.05) is 0 Å². The molecule has 0 saturated carbocycles. The average Bonchev–Trinajstić information content (AvgIpc) is 1.00. The third-order valence-corrected chi connectivity index (χ3v) is 0. The van der Waals surface area contributed by atoms with Crippen LogP contribution in [0.15, 0.2) is 0 Å². The first kappa shape index (κ1) is 32.0. The summed E-state index contributed by atoms with van der Waals surface area (Å²) in [6, 6.07) is 0. The zero-order chi connectivity index (χ0) is 2.00. The predicted octanol–water partition coefficient (Wildman–Crippen LogP) is -2.53. The van der Waals surface area contributed by atoms with Crippen LogP contribution in [0.1, 0.15) is 0 Å². The summed E-state index contributed by atoms with van der Waals surface area (Å²) in [5.41, 5.74) is 0. The summed E-state index contributed by atoms with van der Waals surface area (Å²) < 4.78 is 8.34. The summed E-state index contributed by atoms with van der Waals surface area (Å²) in [4.78, 5) is 0. The topological polar surface area (TPSA) is 80.1 Å². The fraction of sp³-hybridized carbons (Fsp3) is 0. The van der Waals surface area contributed by atoms with Crippen molar-refractivity contribution < 1.29 is 14.0 Å². The van der Waals surface area contributed by atoms with E-state index in [9.17, 15) is 0 Å². The van der Waals surface area contributed by atoms with Crippen molar-refractivity contribution in [1.29, 1.82) is 0 Å². The van der Waals surface area contributed by atoms with Crippen molar-refractivity contribution in [1.82, 2.24) is 0 Å². The molecule has 5 heavy (non-hydrogen) atoms. The van der Waals surface area contributed by atoms with Gasteiger partial charge in [0.2, 0.25) is 0 Å². The Kier molecular flexibility index (Phi) is 331. The fourth-order valence-electron chi connectivity index (χ4n) is 0. The van der Waals surface area contributed by atoms with Gasteiger partial charge in [0.1, 0.15) is 0 Å². The van der Waals surface area contributed by atoms with Gasteiger partial charge >= 0.3 is 25.6 Å². The van der Waals surface area contributed by atoms with Gasteiger partial charge in [-0.25, -0.2) is 0 Å². The Hall–Kier alpha value is 1.44. The van der Waals surface area contributed by atoms with Crippen LogP contribution in [0.2, 0.25) is 0 Å². The van der Waals surface area contributed by atoms with E-state index in [1.165, 1.54) is 0 Å². The van der Waals surface area contributed by atoms with Gasteiger partial charge in [0.05, 0.1) is 0 Å². The molecule has 0 saturated heterocycles. The van der Waals surface area contributed by atoms with Crippen LogP contribution in [0.5, 0.6) is 0 Å². The van der Waals surface area contributed by atoms with Crippen LogP contribution in [0.25, 0.3) is 0 Å². The Morgan fingerprint density at radius 1 is 1.00 bits per heavy atom. The third kappa shape index (κ3) is 31.0. The fourth-order valence-corrected chi connectivity index (χ4v) is 0. The van der Waals surface area contributed by atoms with Gasteiger partial charge in [-0.15, -0.1) is 0 Å². The molecule has 0 aromatic rings. The molecule has 4 N–H and O–H groups in total. The van der Waals surface area contributed by atoms with Crippen molar-refractivity contribution in [3.05, 3.63) is 0 Å². The first-order chi connectivity index (χ1) is 1.00. The second-order valence-corrected chi connectivity index (χ2v) is 0. The zero-order valence-electron chi connectivity index (χ0n) is 2.41. The van der Waals surface area contributed by atoms with E-state index < -0.39 is 0 Å². The summed E-state index contributed by atoms with van der Waals surface area (Å²) in [5, 5.41) is 0. The van der Waals surface area contributed by atoms with Gasteiger partial charge in [0.25, 0.3) is 0 Å². The molecule has 0 bridgehead atoms. The van der Waals surface area contributed by atoms with Crippen molar-refractivity contribution in [2.24, 2.45) is 0 Å². The van der Waals surface area contributed by atoms with Crippen molar-refractivity contribution in [2.75, 3.05) is 0 Å². The molecule has 0 atom stereocenters. The molecule has 6 radical (unpaired) electrons. The van der Waals surface area contributed by atoms with Crippen LogP contribution in [0.3, 0.4) is 0 Å². The van der Waals surface area contributed by atoms with Gasteiger partial charge in [-0.3, -0.25) is 0 Å². The van der Waals surface area contributed by atoms with Crippen LogP contribution in [-0.4, -0.2) is 60.8 Å². The molecule has 0 spiro atoms. The monoisotopic (exact) mass is 380 g/mol. The predicted molar refractivity (Wildman–Crippen MR) is 19.4 cm³/mol. The molecule has 0 amide bonds. The van der Waals surface area contributed by atoms with Crippen LogP contribution < -0.4 is 0 Å². The van der Waals surface area contributed by atoms with E-state index in [0.29, 0.717) is 22.5 Å². The minimum atomic E-state index is 0. The van der Waals surface area contributed by atoms with Gasteiger partial charge in [-0.2, -0.15) is 0 Å². The number of rotatable bonds is 0. The molecular formula is H4O3PbSn. The number of hydrogen-bond donors (Lipinski definition) is 0. The second kappa shape index (κ2) is 51.7. The molecule has 0 aliphatic heterocycles. The quantitative estimate of drug-likeness (QED) is 0.429. The van der Waals surface area contributed by atoms with Crippen molar-refractivity contribution in [3.8, 4) is 0 Å². The Bertz CT molecular complexity index is 6.85. The molecule has 0 heterocycles. The van der Waals surface area contributed by atoms with Gasteiger partial charge < -0.3 is 11.0 Å². The molecule has 0 aromatic heterocycles. The maximum Gasteiger partial charge on any atom is 0 e. The molecule has 0 unspecified atom stereocenters. The Morgan fingerprint density at radius 2 is 1.00 bits per heavy atom. The second-order valence-electron chi connectivity index (χ2n) is 0. The van der Waals surface area contributed by atoms with Gasteiger partial charge in [0.15, 0.2) is 0 Å². The maximum absolute atomic E-state index is 8.34. The Labute approximate surface area is 63.4 Å². The van der Waals surface area contributed by atoms with Gasteiger partial charge in [-0.05, 0) is 0 Å². The minimum absolute atomic E-state index is 0. The van der Waals surface area contributed by atoms with Crippen LogP contribution in [-0.2, 0) is 3.08 Å². The third-order valence-electron chi connectivity index (χ3n) is 0. The Morgan fingerprint density at radius 3 is 1.00 bits per heavy atom. The van der Waals surface area contributed by atoms with Crippen LogP contribution in [0.4, 0.5) is 0 Å². The average molecular weight is 378 g/mol. The van der Waals surface area contributed by atoms with Crippen molar-refractivity contribution in [2.45, 2.75) is 0 Å². The molecule has 0 aliphatic carbocycles. The summed E-state index contributed by atoms with van der Waals surface area (Å²) in [6.45, 7) is 0. The summed E-state index contributed by atoms with van der Waals surface area (Å²) >= 11 is 0.300. The normalized spacial score (nSPS) is 0.800. The van der Waals surface area contributed by atoms with Crippen LogP contribution >= 0.6 is 0 Å². The van der Waals surface area contributed by atoms with Crippen molar-refractivity contribution in [3.63, 3.8) is 0 Å². The number of hydrogen-bond acceptors (Lipinski definition) is 1. The molecule has 0 aliphatic rings. The van der Waals surface area contributed by atoms with Crippen molar-refractivity contribution >= 4 is 49.8 Å². The van der Waals surface area contributed by atoms with E-state index in [2.05, 4.69) is 0 Å². The molecule has 5 heteroatoms. The largest absolute Gasteiger partial charge is 0 e. The molecule has 3 nitrogen and oxygen atoms in total. The zero-order valence-corrected chi connectivity index (χ0v) is 9.15. The summed E-state index contributed by atoms with van der Waals surface area (Å²) in [6.07, 6.45) is 0. The molecule has 0 fully saturated rings. The molecule has 0 aromatic carbocycles. The Balaban J connectivity index is -0.00000000167. The molecule has 0 rings (SSSR count). The van der Waals surface area contributed by atoms with Gasteiger partial charge in [-0.1, -0.05) is 0 Å². The molecule has 30 valence electrons. The summed E-state index contributed by atoms with van der Waals surface area (Å²) in [5.74, 6) is 0. The standard InChI is InChI=1S/2H2O.O.Pb.Sn/h2*1H2;;;.